The van der Waals surface area contributed by atoms with Crippen LogP contribution in [0.5, 0.6) is 5.75 Å². The van der Waals surface area contributed by atoms with Gasteiger partial charge in [-0.05, 0) is 18.6 Å². The number of para-hydroxylation sites is 1. The molecule has 0 saturated carbocycles. The van der Waals surface area contributed by atoms with Crippen molar-refractivity contribution in [3.05, 3.63) is 29.3 Å². The molecule has 1 aromatic rings. The summed E-state index contributed by atoms with van der Waals surface area (Å²) in [6.45, 7) is 1.80. The van der Waals surface area contributed by atoms with Crippen LogP contribution in [0.2, 0.25) is 0 Å². The Morgan fingerprint density at radius 2 is 2.14 bits per heavy atom. The van der Waals surface area contributed by atoms with Crippen LogP contribution >= 0.6 is 0 Å². The molecule has 1 aromatic carbocycles. The average Bonchev–Trinajstić information content (AvgIpc) is 2.12. The number of phenolic OH excluding ortho intramolecular Hbond substituents is 1. The highest BCUT2D eigenvalue weighted by molar-refractivity contribution is 5.85. The summed E-state index contributed by atoms with van der Waals surface area (Å²) in [4.78, 5) is 0. The third-order valence-electron chi connectivity index (χ3n) is 1.64. The Labute approximate surface area is 81.8 Å². The fourth-order valence-corrected chi connectivity index (χ4v) is 0.944. The number of phenols is 1. The molecule has 0 aliphatic rings. The van der Waals surface area contributed by atoms with Crippen LogP contribution in [0.25, 0.3) is 0 Å². The van der Waals surface area contributed by atoms with Crippen molar-refractivity contribution in [3.8, 4) is 5.75 Å². The van der Waals surface area contributed by atoms with Crippen LogP contribution in [-0.4, -0.2) is 17.3 Å². The molecule has 0 aliphatic heterocycles. The van der Waals surface area contributed by atoms with Crippen molar-refractivity contribution in [3.63, 3.8) is 0 Å². The summed E-state index contributed by atoms with van der Waals surface area (Å²) >= 11 is 0. The highest BCUT2D eigenvalue weighted by atomic mass is 16.3. The molecular formula is C9H12N4O. The van der Waals surface area contributed by atoms with Gasteiger partial charge in [0.05, 0.1) is 6.21 Å². The van der Waals surface area contributed by atoms with Gasteiger partial charge in [-0.15, -0.1) is 5.10 Å². The van der Waals surface area contributed by atoms with Gasteiger partial charge in [0, 0.05) is 5.56 Å². The number of guanidine groups is 1. The van der Waals surface area contributed by atoms with Crippen molar-refractivity contribution in [1.29, 1.82) is 0 Å². The number of rotatable bonds is 2. The van der Waals surface area contributed by atoms with Gasteiger partial charge in [-0.1, -0.05) is 12.1 Å². The third kappa shape index (κ3) is 2.48. The van der Waals surface area contributed by atoms with Gasteiger partial charge in [0.15, 0.2) is 0 Å². The molecule has 0 unspecified atom stereocenters. The lowest BCUT2D eigenvalue weighted by Crippen LogP contribution is -2.21. The molecule has 0 saturated heterocycles. The van der Waals surface area contributed by atoms with E-state index in [4.69, 9.17) is 11.5 Å². The zero-order chi connectivity index (χ0) is 10.6. The van der Waals surface area contributed by atoms with Crippen molar-refractivity contribution >= 4 is 12.2 Å². The van der Waals surface area contributed by atoms with E-state index in [0.717, 1.165) is 5.56 Å². The Hall–Kier alpha value is -2.04. The van der Waals surface area contributed by atoms with E-state index in [2.05, 4.69) is 10.2 Å². The van der Waals surface area contributed by atoms with E-state index < -0.39 is 0 Å². The minimum absolute atomic E-state index is 0.117. The summed E-state index contributed by atoms with van der Waals surface area (Å²) in [6.07, 6.45) is 1.39. The summed E-state index contributed by atoms with van der Waals surface area (Å²) < 4.78 is 0. The molecule has 0 spiro atoms. The minimum atomic E-state index is -0.117. The van der Waals surface area contributed by atoms with E-state index in [0.29, 0.717) is 5.56 Å². The van der Waals surface area contributed by atoms with E-state index >= 15 is 0 Å². The third-order valence-corrected chi connectivity index (χ3v) is 1.64. The van der Waals surface area contributed by atoms with Crippen molar-refractivity contribution in [1.82, 2.24) is 0 Å². The second-order valence-corrected chi connectivity index (χ2v) is 2.78. The van der Waals surface area contributed by atoms with E-state index in [-0.39, 0.29) is 11.7 Å². The lowest BCUT2D eigenvalue weighted by Gasteiger charge is -2.00. The van der Waals surface area contributed by atoms with Crippen molar-refractivity contribution in [2.45, 2.75) is 6.92 Å². The maximum atomic E-state index is 9.56. The summed E-state index contributed by atoms with van der Waals surface area (Å²) in [5.74, 6) is 0.0652. The van der Waals surface area contributed by atoms with Gasteiger partial charge < -0.3 is 16.6 Å². The van der Waals surface area contributed by atoms with Gasteiger partial charge in [-0.2, -0.15) is 5.10 Å². The Morgan fingerprint density at radius 1 is 1.43 bits per heavy atom. The standard InChI is InChI=1S/C9H12N4O/c1-6-3-2-4-7(8(6)14)5-12-13-9(10)11/h2-5,14H,1H3,(H4,10,11,13). The van der Waals surface area contributed by atoms with Gasteiger partial charge in [0.1, 0.15) is 5.75 Å². The van der Waals surface area contributed by atoms with Crippen molar-refractivity contribution in [2.75, 3.05) is 0 Å². The number of benzene rings is 1. The van der Waals surface area contributed by atoms with Crippen molar-refractivity contribution < 1.29 is 5.11 Å². The van der Waals surface area contributed by atoms with Crippen LogP contribution in [0.1, 0.15) is 11.1 Å². The Balaban J connectivity index is 2.92. The molecular weight excluding hydrogens is 180 g/mol. The van der Waals surface area contributed by atoms with Gasteiger partial charge >= 0.3 is 0 Å². The topological polar surface area (TPSA) is 97.0 Å². The monoisotopic (exact) mass is 192 g/mol. The lowest BCUT2D eigenvalue weighted by atomic mass is 10.1. The maximum Gasteiger partial charge on any atom is 0.211 e. The van der Waals surface area contributed by atoms with E-state index in [9.17, 15) is 5.11 Å². The molecule has 0 amide bonds. The quantitative estimate of drug-likeness (QED) is 0.357. The zero-order valence-electron chi connectivity index (χ0n) is 7.81. The number of nitrogens with zero attached hydrogens (tertiary/aromatic N) is 2. The average molecular weight is 192 g/mol. The SMILES string of the molecule is Cc1cccc(C=NN=C(N)N)c1O. The van der Waals surface area contributed by atoms with Crippen LogP contribution in [-0.2, 0) is 0 Å². The summed E-state index contributed by atoms with van der Waals surface area (Å²) in [6, 6.07) is 5.33. The Bertz CT molecular complexity index is 380. The maximum absolute atomic E-state index is 9.56. The molecule has 0 bridgehead atoms. The predicted octanol–water partition coefficient (Wildman–Crippen LogP) is 0.308. The van der Waals surface area contributed by atoms with Crippen LogP contribution < -0.4 is 11.5 Å². The minimum Gasteiger partial charge on any atom is -0.507 e. The molecule has 5 N–H and O–H groups in total. The molecule has 0 atom stereocenters. The van der Waals surface area contributed by atoms with E-state index in [1.165, 1.54) is 6.21 Å². The first-order valence-electron chi connectivity index (χ1n) is 4.02. The first kappa shape index (κ1) is 10.0. The Morgan fingerprint density at radius 3 is 2.79 bits per heavy atom. The van der Waals surface area contributed by atoms with Gasteiger partial charge in [-0.25, -0.2) is 0 Å². The van der Waals surface area contributed by atoms with Crippen LogP contribution in [0.4, 0.5) is 0 Å². The smallest absolute Gasteiger partial charge is 0.211 e. The fourth-order valence-electron chi connectivity index (χ4n) is 0.944. The lowest BCUT2D eigenvalue weighted by molar-refractivity contribution is 0.470. The molecule has 14 heavy (non-hydrogen) atoms. The summed E-state index contributed by atoms with van der Waals surface area (Å²) in [5, 5.41) is 16.6. The molecule has 0 aliphatic carbocycles. The van der Waals surface area contributed by atoms with E-state index in [1.807, 2.05) is 6.07 Å². The molecule has 1 rings (SSSR count). The number of aromatic hydroxyl groups is 1. The number of hydrogen-bond donors (Lipinski definition) is 3. The number of nitrogens with two attached hydrogens (primary N) is 2. The van der Waals surface area contributed by atoms with Crippen LogP contribution in [0.15, 0.2) is 28.4 Å². The molecule has 0 fully saturated rings. The first-order valence-corrected chi connectivity index (χ1v) is 4.02. The summed E-state index contributed by atoms with van der Waals surface area (Å²) in [5.41, 5.74) is 11.5. The highest BCUT2D eigenvalue weighted by Gasteiger charge is 1.99. The van der Waals surface area contributed by atoms with Gasteiger partial charge in [-0.3, -0.25) is 0 Å². The predicted molar refractivity (Wildman–Crippen MR) is 56.2 cm³/mol. The highest BCUT2D eigenvalue weighted by Crippen LogP contribution is 2.19. The van der Waals surface area contributed by atoms with Gasteiger partial charge in [0.25, 0.3) is 0 Å². The number of aryl methyl sites for hydroxylation is 1. The molecule has 0 radical (unpaired) electrons. The van der Waals surface area contributed by atoms with Crippen molar-refractivity contribution in [2.24, 2.45) is 21.7 Å². The molecule has 5 nitrogen and oxygen atoms in total. The van der Waals surface area contributed by atoms with Gasteiger partial charge in [0.2, 0.25) is 5.96 Å². The summed E-state index contributed by atoms with van der Waals surface area (Å²) in [7, 11) is 0. The Kier molecular flexibility index (Phi) is 3.06. The first-order chi connectivity index (χ1) is 6.61. The largest absolute Gasteiger partial charge is 0.507 e. The normalized spacial score (nSPS) is 10.4. The second-order valence-electron chi connectivity index (χ2n) is 2.78. The van der Waals surface area contributed by atoms with Crippen LogP contribution in [0.3, 0.4) is 0 Å². The molecule has 5 heteroatoms. The van der Waals surface area contributed by atoms with E-state index in [1.54, 1.807) is 19.1 Å². The molecule has 0 heterocycles. The molecule has 0 aromatic heterocycles. The molecule has 74 valence electrons. The fraction of sp³-hybridized carbons (Fsp3) is 0.111. The number of hydrogen-bond acceptors (Lipinski definition) is 3. The second kappa shape index (κ2) is 4.27. The zero-order valence-corrected chi connectivity index (χ0v) is 7.81. The van der Waals surface area contributed by atoms with Crippen LogP contribution in [0, 0.1) is 6.92 Å².